The van der Waals surface area contributed by atoms with Crippen LogP contribution in [0.4, 0.5) is 17.1 Å². The van der Waals surface area contributed by atoms with Gasteiger partial charge in [-0.25, -0.2) is 0 Å². The fraction of sp³-hybridized carbons (Fsp3) is 0. The number of nitrogens with zero attached hydrogens (tertiary/aromatic N) is 3. The van der Waals surface area contributed by atoms with Gasteiger partial charge >= 0.3 is 0 Å². The first-order valence-corrected chi connectivity index (χ1v) is 20.1. The molecular formula is C53H35N3S. The van der Waals surface area contributed by atoms with Gasteiger partial charge in [-0.3, -0.25) is 4.98 Å². The molecule has 11 aromatic rings. The molecule has 0 radical (unpaired) electrons. The van der Waals surface area contributed by atoms with E-state index in [1.54, 1.807) is 0 Å². The van der Waals surface area contributed by atoms with Crippen molar-refractivity contribution in [3.8, 4) is 39.2 Å². The molecule has 0 aliphatic rings. The first kappa shape index (κ1) is 33.1. The summed E-state index contributed by atoms with van der Waals surface area (Å²) in [4.78, 5) is 6.85. The van der Waals surface area contributed by atoms with Crippen LogP contribution in [0.5, 0.6) is 0 Å². The average Bonchev–Trinajstić information content (AvgIpc) is 3.84. The highest BCUT2D eigenvalue weighted by atomic mass is 32.1. The van der Waals surface area contributed by atoms with Crippen molar-refractivity contribution in [2.45, 2.75) is 0 Å². The molecule has 0 amide bonds. The monoisotopic (exact) mass is 745 g/mol. The van der Waals surface area contributed by atoms with E-state index in [4.69, 9.17) is 0 Å². The van der Waals surface area contributed by atoms with Crippen LogP contribution in [0.3, 0.4) is 0 Å². The third-order valence-electron chi connectivity index (χ3n) is 11.1. The molecule has 3 heterocycles. The smallest absolute Gasteiger partial charge is 0.0701 e. The third kappa shape index (κ3) is 5.78. The van der Waals surface area contributed by atoms with Gasteiger partial charge in [-0.1, -0.05) is 121 Å². The molecule has 11 rings (SSSR count). The summed E-state index contributed by atoms with van der Waals surface area (Å²) in [5.74, 6) is 0. The van der Waals surface area contributed by atoms with Crippen molar-refractivity contribution < 1.29 is 0 Å². The van der Waals surface area contributed by atoms with Gasteiger partial charge in [-0.2, -0.15) is 0 Å². The number of benzene rings is 8. The molecule has 8 aromatic carbocycles. The van der Waals surface area contributed by atoms with Crippen molar-refractivity contribution in [1.29, 1.82) is 0 Å². The molecule has 0 aliphatic carbocycles. The van der Waals surface area contributed by atoms with Crippen molar-refractivity contribution in [3.63, 3.8) is 0 Å². The summed E-state index contributed by atoms with van der Waals surface area (Å²) in [6.07, 6.45) is 1.84. The molecule has 0 fully saturated rings. The molecule has 0 bridgehead atoms. The van der Waals surface area contributed by atoms with Crippen molar-refractivity contribution in [1.82, 2.24) is 9.55 Å². The Morgan fingerprint density at radius 3 is 1.79 bits per heavy atom. The quantitative estimate of drug-likeness (QED) is 0.162. The van der Waals surface area contributed by atoms with E-state index >= 15 is 0 Å². The fourth-order valence-electron chi connectivity index (χ4n) is 8.34. The summed E-state index contributed by atoms with van der Waals surface area (Å²) in [5.41, 5.74) is 13.8. The Morgan fingerprint density at radius 2 is 1.02 bits per heavy atom. The van der Waals surface area contributed by atoms with E-state index in [2.05, 4.69) is 203 Å². The number of rotatable bonds is 7. The first-order valence-electron chi connectivity index (χ1n) is 19.3. The maximum Gasteiger partial charge on any atom is 0.0701 e. The number of pyridine rings is 1. The standard InChI is InChI=1S/C53H35N3S/c1-2-11-40(12-3-1)55(42-31-24-38(25-32-42)49-17-8-9-34-54-49)41-27-20-36(21-28-41)39-26-33-51-48(35-39)45-13-4-6-18-50(45)56(51)43-29-22-37(23-30-43)44-15-10-16-47-46-14-5-7-19-52(46)57-53(44)47/h1-35H. The summed E-state index contributed by atoms with van der Waals surface area (Å²) in [5, 5.41) is 5.14. The number of fused-ring (bicyclic) bond motifs is 6. The fourth-order valence-corrected chi connectivity index (χ4v) is 9.58. The van der Waals surface area contributed by atoms with Crippen LogP contribution in [0.25, 0.3) is 81.2 Å². The van der Waals surface area contributed by atoms with Crippen LogP contribution >= 0.6 is 11.3 Å². The highest BCUT2D eigenvalue weighted by Crippen LogP contribution is 2.41. The van der Waals surface area contributed by atoms with Gasteiger partial charge in [-0.05, 0) is 107 Å². The SMILES string of the molecule is c1ccc(N(c2ccc(-c3ccc4c(c3)c3ccccc3n4-c3ccc(-c4cccc5c4sc4ccccc45)cc3)cc2)c2ccc(-c3ccccn3)cc2)cc1. The Morgan fingerprint density at radius 1 is 0.404 bits per heavy atom. The summed E-state index contributed by atoms with van der Waals surface area (Å²) in [6, 6.07) is 74.3. The molecule has 0 saturated heterocycles. The second kappa shape index (κ2) is 13.8. The second-order valence-electron chi connectivity index (χ2n) is 14.4. The minimum Gasteiger partial charge on any atom is -0.311 e. The lowest BCUT2D eigenvalue weighted by molar-refractivity contribution is 1.18. The highest BCUT2D eigenvalue weighted by Gasteiger charge is 2.16. The molecular weight excluding hydrogens is 711 g/mol. The minimum absolute atomic E-state index is 0.967. The molecule has 0 unspecified atom stereocenters. The van der Waals surface area contributed by atoms with Crippen LogP contribution in [0.15, 0.2) is 212 Å². The van der Waals surface area contributed by atoms with E-state index in [9.17, 15) is 0 Å². The lowest BCUT2D eigenvalue weighted by Gasteiger charge is -2.26. The van der Waals surface area contributed by atoms with Crippen LogP contribution in [-0.2, 0) is 0 Å². The van der Waals surface area contributed by atoms with Crippen LogP contribution in [-0.4, -0.2) is 9.55 Å². The summed E-state index contributed by atoms with van der Waals surface area (Å²) in [6.45, 7) is 0. The van der Waals surface area contributed by atoms with E-state index in [0.29, 0.717) is 0 Å². The minimum atomic E-state index is 0.967. The van der Waals surface area contributed by atoms with Crippen molar-refractivity contribution >= 4 is 70.4 Å². The molecule has 3 nitrogen and oxygen atoms in total. The third-order valence-corrected chi connectivity index (χ3v) is 12.3. The predicted octanol–water partition coefficient (Wildman–Crippen LogP) is 15.0. The van der Waals surface area contributed by atoms with Gasteiger partial charge < -0.3 is 9.47 Å². The largest absolute Gasteiger partial charge is 0.311 e. The predicted molar refractivity (Wildman–Crippen MR) is 242 cm³/mol. The summed E-state index contributed by atoms with van der Waals surface area (Å²) in [7, 11) is 0. The molecule has 4 heteroatoms. The van der Waals surface area contributed by atoms with Crippen LogP contribution in [0.1, 0.15) is 0 Å². The molecule has 57 heavy (non-hydrogen) atoms. The number of aromatic nitrogens is 2. The maximum atomic E-state index is 4.54. The van der Waals surface area contributed by atoms with E-state index in [-0.39, 0.29) is 0 Å². The lowest BCUT2D eigenvalue weighted by Crippen LogP contribution is -2.09. The molecule has 0 N–H and O–H groups in total. The van der Waals surface area contributed by atoms with Crippen LogP contribution in [0, 0.1) is 0 Å². The normalized spacial score (nSPS) is 11.5. The molecule has 268 valence electrons. The molecule has 0 atom stereocenters. The number of thiophene rings is 1. The zero-order chi connectivity index (χ0) is 37.7. The van der Waals surface area contributed by atoms with Gasteiger partial charge in [0.2, 0.25) is 0 Å². The molecule has 0 aliphatic heterocycles. The Balaban J connectivity index is 0.940. The second-order valence-corrected chi connectivity index (χ2v) is 15.4. The van der Waals surface area contributed by atoms with E-state index < -0.39 is 0 Å². The highest BCUT2D eigenvalue weighted by molar-refractivity contribution is 7.26. The average molecular weight is 746 g/mol. The van der Waals surface area contributed by atoms with Crippen LogP contribution in [0.2, 0.25) is 0 Å². The number of hydrogen-bond acceptors (Lipinski definition) is 3. The van der Waals surface area contributed by atoms with Crippen LogP contribution < -0.4 is 4.90 Å². The summed E-state index contributed by atoms with van der Waals surface area (Å²) < 4.78 is 5.07. The van der Waals surface area contributed by atoms with Crippen molar-refractivity contribution in [2.75, 3.05) is 4.90 Å². The topological polar surface area (TPSA) is 21.1 Å². The molecule has 0 saturated carbocycles. The van der Waals surface area contributed by atoms with Gasteiger partial charge in [0.1, 0.15) is 0 Å². The summed E-state index contributed by atoms with van der Waals surface area (Å²) >= 11 is 1.88. The number of anilines is 3. The zero-order valence-corrected chi connectivity index (χ0v) is 31.8. The number of hydrogen-bond donors (Lipinski definition) is 0. The van der Waals surface area contributed by atoms with Crippen molar-refractivity contribution in [3.05, 3.63) is 212 Å². The molecule has 0 spiro atoms. The van der Waals surface area contributed by atoms with E-state index in [1.165, 1.54) is 64.2 Å². The first-order chi connectivity index (χ1) is 28.3. The van der Waals surface area contributed by atoms with Gasteiger partial charge in [0.05, 0.1) is 16.7 Å². The number of para-hydroxylation sites is 2. The van der Waals surface area contributed by atoms with Gasteiger partial charge in [-0.15, -0.1) is 11.3 Å². The van der Waals surface area contributed by atoms with Gasteiger partial charge in [0.15, 0.2) is 0 Å². The lowest BCUT2D eigenvalue weighted by atomic mass is 10.0. The Hall–Kier alpha value is -7.27. The van der Waals surface area contributed by atoms with Gasteiger partial charge in [0.25, 0.3) is 0 Å². The maximum absolute atomic E-state index is 4.54. The Labute approximate surface area is 335 Å². The van der Waals surface area contributed by atoms with E-state index in [1.807, 2.05) is 35.7 Å². The Kier molecular flexibility index (Phi) is 8.01. The molecule has 3 aromatic heterocycles. The Bertz CT molecular complexity index is 3200. The van der Waals surface area contributed by atoms with Crippen molar-refractivity contribution in [2.24, 2.45) is 0 Å². The zero-order valence-electron chi connectivity index (χ0n) is 31.0. The van der Waals surface area contributed by atoms with Gasteiger partial charge in [0, 0.05) is 65.5 Å². The van der Waals surface area contributed by atoms with E-state index in [0.717, 1.165) is 34.0 Å².